The standard InChI is InChI=1S/C13H6ClF2N/c14-12-8-5-7-3-1-2-4-10(7)17-11(8)6-9(15)13(12)16/h1-6H. The highest BCUT2D eigenvalue weighted by molar-refractivity contribution is 6.35. The molecule has 0 aliphatic rings. The van der Waals surface area contributed by atoms with Crippen LogP contribution in [0.5, 0.6) is 0 Å². The van der Waals surface area contributed by atoms with E-state index in [1.165, 1.54) is 0 Å². The van der Waals surface area contributed by atoms with Crippen molar-refractivity contribution in [2.24, 2.45) is 0 Å². The maximum atomic E-state index is 13.3. The Balaban J connectivity index is 2.52. The van der Waals surface area contributed by atoms with Crippen molar-refractivity contribution in [3.05, 3.63) is 53.1 Å². The lowest BCUT2D eigenvalue weighted by Gasteiger charge is -2.04. The van der Waals surface area contributed by atoms with Gasteiger partial charge in [0.25, 0.3) is 0 Å². The molecule has 0 amide bonds. The van der Waals surface area contributed by atoms with E-state index in [9.17, 15) is 8.78 Å². The average Bonchev–Trinajstić information content (AvgIpc) is 2.34. The number of hydrogen-bond acceptors (Lipinski definition) is 1. The zero-order valence-corrected chi connectivity index (χ0v) is 9.30. The van der Waals surface area contributed by atoms with Crippen LogP contribution in [0.25, 0.3) is 21.8 Å². The summed E-state index contributed by atoms with van der Waals surface area (Å²) in [7, 11) is 0. The Kier molecular flexibility index (Phi) is 2.23. The summed E-state index contributed by atoms with van der Waals surface area (Å²) < 4.78 is 26.5. The zero-order valence-electron chi connectivity index (χ0n) is 8.55. The fraction of sp³-hybridized carbons (Fsp3) is 0. The van der Waals surface area contributed by atoms with Gasteiger partial charge < -0.3 is 0 Å². The first-order valence-corrected chi connectivity index (χ1v) is 5.37. The largest absolute Gasteiger partial charge is 0.248 e. The predicted molar refractivity (Wildman–Crippen MR) is 64.2 cm³/mol. The Morgan fingerprint density at radius 3 is 2.59 bits per heavy atom. The van der Waals surface area contributed by atoms with Crippen LogP contribution in [0.4, 0.5) is 8.78 Å². The molecule has 84 valence electrons. The van der Waals surface area contributed by atoms with Gasteiger partial charge in [0.05, 0.1) is 16.1 Å². The van der Waals surface area contributed by atoms with Crippen LogP contribution in [-0.2, 0) is 0 Å². The highest BCUT2D eigenvalue weighted by Crippen LogP contribution is 2.29. The first-order chi connectivity index (χ1) is 8.16. The normalized spacial score (nSPS) is 11.2. The molecule has 0 aliphatic heterocycles. The van der Waals surface area contributed by atoms with E-state index in [2.05, 4.69) is 4.98 Å². The highest BCUT2D eigenvalue weighted by atomic mass is 35.5. The molecule has 0 atom stereocenters. The molecule has 0 fully saturated rings. The Morgan fingerprint density at radius 2 is 1.76 bits per heavy atom. The van der Waals surface area contributed by atoms with Crippen LogP contribution in [0.2, 0.25) is 5.02 Å². The number of hydrogen-bond donors (Lipinski definition) is 0. The molecule has 0 spiro atoms. The Hall–Kier alpha value is -1.74. The molecule has 0 aliphatic carbocycles. The maximum absolute atomic E-state index is 13.3. The fourth-order valence-corrected chi connectivity index (χ4v) is 2.06. The van der Waals surface area contributed by atoms with Crippen molar-refractivity contribution in [3.8, 4) is 0 Å². The topological polar surface area (TPSA) is 12.9 Å². The molecule has 0 radical (unpaired) electrons. The van der Waals surface area contributed by atoms with Crippen molar-refractivity contribution in [1.82, 2.24) is 4.98 Å². The van der Waals surface area contributed by atoms with Crippen molar-refractivity contribution >= 4 is 33.4 Å². The van der Waals surface area contributed by atoms with E-state index in [-0.39, 0.29) is 5.02 Å². The molecule has 1 heterocycles. The molecule has 0 saturated carbocycles. The van der Waals surface area contributed by atoms with E-state index in [1.54, 1.807) is 6.07 Å². The van der Waals surface area contributed by atoms with Crippen molar-refractivity contribution in [3.63, 3.8) is 0 Å². The number of para-hydroxylation sites is 1. The van der Waals surface area contributed by atoms with E-state index in [0.717, 1.165) is 17.0 Å². The molecule has 17 heavy (non-hydrogen) atoms. The summed E-state index contributed by atoms with van der Waals surface area (Å²) >= 11 is 5.78. The Morgan fingerprint density at radius 1 is 1.00 bits per heavy atom. The number of rotatable bonds is 0. The van der Waals surface area contributed by atoms with Gasteiger partial charge in [0.2, 0.25) is 0 Å². The number of halogens is 3. The summed E-state index contributed by atoms with van der Waals surface area (Å²) in [4.78, 5) is 4.25. The van der Waals surface area contributed by atoms with E-state index < -0.39 is 11.6 Å². The molecule has 3 aromatic rings. The van der Waals surface area contributed by atoms with Crippen molar-refractivity contribution < 1.29 is 8.78 Å². The third-order valence-corrected chi connectivity index (χ3v) is 3.03. The van der Waals surface area contributed by atoms with Crippen molar-refractivity contribution in [2.45, 2.75) is 0 Å². The highest BCUT2D eigenvalue weighted by Gasteiger charge is 2.13. The van der Waals surface area contributed by atoms with Gasteiger partial charge in [-0.25, -0.2) is 13.8 Å². The molecule has 0 bridgehead atoms. The minimum Gasteiger partial charge on any atom is -0.248 e. The number of pyridine rings is 1. The van der Waals surface area contributed by atoms with E-state index in [0.29, 0.717) is 10.9 Å². The summed E-state index contributed by atoms with van der Waals surface area (Å²) in [5.74, 6) is -2.01. The molecule has 0 unspecified atom stereocenters. The van der Waals surface area contributed by atoms with Crippen LogP contribution in [0.15, 0.2) is 36.4 Å². The molecular formula is C13H6ClF2N. The summed E-state index contributed by atoms with van der Waals surface area (Å²) in [6.07, 6.45) is 0. The SMILES string of the molecule is Fc1cc2nc3ccccc3cc2c(Cl)c1F. The second-order valence-electron chi connectivity index (χ2n) is 3.73. The second kappa shape index (κ2) is 3.64. The first-order valence-electron chi connectivity index (χ1n) is 5.00. The lowest BCUT2D eigenvalue weighted by Crippen LogP contribution is -1.90. The average molecular weight is 250 g/mol. The molecular weight excluding hydrogens is 244 g/mol. The first kappa shape index (κ1) is 10.4. The second-order valence-corrected chi connectivity index (χ2v) is 4.11. The molecule has 0 N–H and O–H groups in total. The predicted octanol–water partition coefficient (Wildman–Crippen LogP) is 4.32. The van der Waals surface area contributed by atoms with Gasteiger partial charge in [0.1, 0.15) is 0 Å². The number of benzene rings is 2. The molecule has 1 nitrogen and oxygen atoms in total. The van der Waals surface area contributed by atoms with E-state index in [1.807, 2.05) is 24.3 Å². The molecule has 1 aromatic heterocycles. The van der Waals surface area contributed by atoms with Gasteiger partial charge in [-0.05, 0) is 12.1 Å². The van der Waals surface area contributed by atoms with Gasteiger partial charge in [0.15, 0.2) is 11.6 Å². The molecule has 2 aromatic carbocycles. The quantitative estimate of drug-likeness (QED) is 0.427. The number of aromatic nitrogens is 1. The minimum absolute atomic E-state index is 0.224. The van der Waals surface area contributed by atoms with Gasteiger partial charge >= 0.3 is 0 Å². The number of nitrogens with zero attached hydrogens (tertiary/aromatic N) is 1. The van der Waals surface area contributed by atoms with Gasteiger partial charge in [-0.3, -0.25) is 0 Å². The van der Waals surface area contributed by atoms with Crippen LogP contribution >= 0.6 is 11.6 Å². The van der Waals surface area contributed by atoms with Crippen molar-refractivity contribution in [1.29, 1.82) is 0 Å². The van der Waals surface area contributed by atoms with E-state index in [4.69, 9.17) is 11.6 Å². The summed E-state index contributed by atoms with van der Waals surface area (Å²) in [5.41, 5.74) is 1.08. The van der Waals surface area contributed by atoms with Crippen LogP contribution in [0.1, 0.15) is 0 Å². The molecule has 3 rings (SSSR count). The Labute approximate surface area is 101 Å². The molecule has 4 heteroatoms. The van der Waals surface area contributed by atoms with Gasteiger partial charge in [-0.2, -0.15) is 0 Å². The zero-order chi connectivity index (χ0) is 12.0. The van der Waals surface area contributed by atoms with Crippen LogP contribution in [-0.4, -0.2) is 4.98 Å². The van der Waals surface area contributed by atoms with Gasteiger partial charge in [0, 0.05) is 16.8 Å². The lowest BCUT2D eigenvalue weighted by molar-refractivity contribution is 0.511. The summed E-state index contributed by atoms with van der Waals surface area (Å²) in [6.45, 7) is 0. The third kappa shape index (κ3) is 1.54. The van der Waals surface area contributed by atoms with Crippen LogP contribution in [0.3, 0.4) is 0 Å². The van der Waals surface area contributed by atoms with Crippen LogP contribution < -0.4 is 0 Å². The third-order valence-electron chi connectivity index (χ3n) is 2.66. The smallest absolute Gasteiger partial charge is 0.178 e. The Bertz CT molecular complexity index is 740. The lowest BCUT2D eigenvalue weighted by atomic mass is 10.1. The molecule has 0 saturated heterocycles. The summed E-state index contributed by atoms with van der Waals surface area (Å²) in [5, 5.41) is 1.04. The maximum Gasteiger partial charge on any atom is 0.178 e. The van der Waals surface area contributed by atoms with E-state index >= 15 is 0 Å². The van der Waals surface area contributed by atoms with Gasteiger partial charge in [-0.15, -0.1) is 0 Å². The fourth-order valence-electron chi connectivity index (χ4n) is 1.82. The minimum atomic E-state index is -1.03. The van der Waals surface area contributed by atoms with Crippen LogP contribution in [0, 0.1) is 11.6 Å². The van der Waals surface area contributed by atoms with Gasteiger partial charge in [-0.1, -0.05) is 29.8 Å². The monoisotopic (exact) mass is 249 g/mol. The summed E-state index contributed by atoms with van der Waals surface area (Å²) in [6, 6.07) is 10.1. The number of fused-ring (bicyclic) bond motifs is 2. The van der Waals surface area contributed by atoms with Crippen molar-refractivity contribution in [2.75, 3.05) is 0 Å².